The molecule has 0 spiro atoms. The van der Waals surface area contributed by atoms with Gasteiger partial charge in [0.1, 0.15) is 5.82 Å². The van der Waals surface area contributed by atoms with Crippen molar-refractivity contribution in [3.05, 3.63) is 18.2 Å². The molecule has 0 saturated carbocycles. The molecule has 0 bridgehead atoms. The minimum Gasteiger partial charge on any atom is -0.378 e. The topological polar surface area (TPSA) is 39.1 Å². The molecule has 1 N–H and O–H groups in total. The van der Waals surface area contributed by atoms with E-state index in [0.717, 1.165) is 38.5 Å². The van der Waals surface area contributed by atoms with Crippen LogP contribution in [0.3, 0.4) is 0 Å². The summed E-state index contributed by atoms with van der Waals surface area (Å²) in [6, 6.07) is 0. The third-order valence-corrected chi connectivity index (χ3v) is 3.12. The van der Waals surface area contributed by atoms with Crippen LogP contribution in [0.5, 0.6) is 0 Å². The first kappa shape index (κ1) is 11.6. The number of aromatic nitrogens is 2. The van der Waals surface area contributed by atoms with E-state index in [-0.39, 0.29) is 0 Å². The van der Waals surface area contributed by atoms with E-state index < -0.39 is 0 Å². The lowest BCUT2D eigenvalue weighted by Crippen LogP contribution is -2.24. The van der Waals surface area contributed by atoms with Crippen LogP contribution < -0.4 is 5.32 Å². The lowest BCUT2D eigenvalue weighted by molar-refractivity contribution is 0.104. The average molecular weight is 223 g/mol. The molecule has 1 aliphatic rings. The van der Waals surface area contributed by atoms with Crippen LogP contribution in [-0.2, 0) is 11.3 Å². The average Bonchev–Trinajstić information content (AvgIpc) is 2.90. The van der Waals surface area contributed by atoms with Gasteiger partial charge in [-0.1, -0.05) is 0 Å². The Morgan fingerprint density at radius 1 is 1.56 bits per heavy atom. The predicted octanol–water partition coefficient (Wildman–Crippen LogP) is 1.35. The van der Waals surface area contributed by atoms with Gasteiger partial charge >= 0.3 is 0 Å². The number of nitrogens with zero attached hydrogens (tertiary/aromatic N) is 2. The summed E-state index contributed by atoms with van der Waals surface area (Å²) >= 11 is 0. The first-order valence-electron chi connectivity index (χ1n) is 6.16. The summed E-state index contributed by atoms with van der Waals surface area (Å²) in [5, 5.41) is 3.45. The second-order valence-corrected chi connectivity index (χ2v) is 4.34. The van der Waals surface area contributed by atoms with Crippen LogP contribution >= 0.6 is 0 Å². The smallest absolute Gasteiger partial charge is 0.105 e. The maximum Gasteiger partial charge on any atom is 0.105 e. The Bertz CT molecular complexity index is 305. The number of hydrogen-bond acceptors (Lipinski definition) is 3. The largest absolute Gasteiger partial charge is 0.378 e. The number of nitrogens with one attached hydrogen (secondary N) is 1. The van der Waals surface area contributed by atoms with Crippen LogP contribution in [-0.4, -0.2) is 35.4 Å². The van der Waals surface area contributed by atoms with Crippen LogP contribution in [0.4, 0.5) is 0 Å². The number of aryl methyl sites for hydroxylation is 1. The molecular weight excluding hydrogens is 202 g/mol. The van der Waals surface area contributed by atoms with Gasteiger partial charge in [0.05, 0.1) is 6.10 Å². The van der Waals surface area contributed by atoms with Gasteiger partial charge in [0.25, 0.3) is 0 Å². The van der Waals surface area contributed by atoms with Crippen molar-refractivity contribution in [2.75, 3.05) is 19.7 Å². The fraction of sp³-hybridized carbons (Fsp3) is 0.750. The molecule has 1 unspecified atom stereocenters. The van der Waals surface area contributed by atoms with Crippen LogP contribution in [0.25, 0.3) is 0 Å². The maximum atomic E-state index is 5.57. The van der Waals surface area contributed by atoms with Crippen molar-refractivity contribution in [1.29, 1.82) is 0 Å². The lowest BCUT2D eigenvalue weighted by atomic mass is 10.2. The zero-order chi connectivity index (χ0) is 11.2. The number of ether oxygens (including phenoxy) is 1. The van der Waals surface area contributed by atoms with Crippen molar-refractivity contribution in [3.8, 4) is 0 Å². The van der Waals surface area contributed by atoms with E-state index in [1.54, 1.807) is 0 Å². The molecule has 1 aromatic heterocycles. The van der Waals surface area contributed by atoms with Crippen LogP contribution in [0, 0.1) is 6.92 Å². The zero-order valence-electron chi connectivity index (χ0n) is 9.98. The van der Waals surface area contributed by atoms with Crippen molar-refractivity contribution >= 4 is 0 Å². The highest BCUT2D eigenvalue weighted by Crippen LogP contribution is 2.14. The molecule has 1 aromatic rings. The van der Waals surface area contributed by atoms with Gasteiger partial charge in [-0.2, -0.15) is 0 Å². The molecule has 0 amide bonds. The van der Waals surface area contributed by atoms with Gasteiger partial charge in [-0.15, -0.1) is 0 Å². The lowest BCUT2D eigenvalue weighted by Gasteiger charge is -2.10. The Morgan fingerprint density at radius 3 is 3.19 bits per heavy atom. The third kappa shape index (κ3) is 3.32. The van der Waals surface area contributed by atoms with Gasteiger partial charge in [0, 0.05) is 32.1 Å². The van der Waals surface area contributed by atoms with Crippen molar-refractivity contribution in [2.45, 2.75) is 38.8 Å². The highest BCUT2D eigenvalue weighted by atomic mass is 16.5. The molecule has 0 radical (unpaired) electrons. The van der Waals surface area contributed by atoms with Crippen LogP contribution in [0.2, 0.25) is 0 Å². The van der Waals surface area contributed by atoms with E-state index in [0.29, 0.717) is 6.10 Å². The van der Waals surface area contributed by atoms with Gasteiger partial charge in [-0.05, 0) is 32.7 Å². The Kier molecular flexibility index (Phi) is 4.36. The van der Waals surface area contributed by atoms with E-state index >= 15 is 0 Å². The molecule has 1 saturated heterocycles. The fourth-order valence-electron chi connectivity index (χ4n) is 2.10. The molecule has 1 aliphatic heterocycles. The Balaban J connectivity index is 1.53. The Hall–Kier alpha value is -0.870. The Morgan fingerprint density at radius 2 is 2.50 bits per heavy atom. The van der Waals surface area contributed by atoms with Crippen molar-refractivity contribution in [3.63, 3.8) is 0 Å². The number of hydrogen-bond donors (Lipinski definition) is 1. The first-order chi connectivity index (χ1) is 7.86. The summed E-state index contributed by atoms with van der Waals surface area (Å²) in [4.78, 5) is 4.19. The zero-order valence-corrected chi connectivity index (χ0v) is 9.98. The molecule has 1 atom stereocenters. The van der Waals surface area contributed by atoms with E-state index in [9.17, 15) is 0 Å². The maximum absolute atomic E-state index is 5.57. The highest BCUT2D eigenvalue weighted by Gasteiger charge is 2.14. The molecule has 16 heavy (non-hydrogen) atoms. The SMILES string of the molecule is Cc1nccn1CCNCCC1CCCO1. The van der Waals surface area contributed by atoms with Crippen LogP contribution in [0.1, 0.15) is 25.1 Å². The van der Waals surface area contributed by atoms with Gasteiger partial charge in [0.2, 0.25) is 0 Å². The third-order valence-electron chi connectivity index (χ3n) is 3.12. The van der Waals surface area contributed by atoms with Gasteiger partial charge in [0.15, 0.2) is 0 Å². The molecular formula is C12H21N3O. The van der Waals surface area contributed by atoms with Gasteiger partial charge in [-0.25, -0.2) is 4.98 Å². The number of rotatable bonds is 6. The molecule has 2 rings (SSSR count). The minimum atomic E-state index is 0.502. The van der Waals surface area contributed by atoms with E-state index in [4.69, 9.17) is 4.74 Å². The summed E-state index contributed by atoms with van der Waals surface area (Å²) in [7, 11) is 0. The summed E-state index contributed by atoms with van der Waals surface area (Å²) in [6.07, 6.45) is 7.99. The Labute approximate surface area is 97.0 Å². The van der Waals surface area contributed by atoms with Crippen molar-refractivity contribution < 1.29 is 4.74 Å². The second kappa shape index (κ2) is 6.01. The fourth-order valence-corrected chi connectivity index (χ4v) is 2.10. The summed E-state index contributed by atoms with van der Waals surface area (Å²) < 4.78 is 7.74. The molecule has 4 nitrogen and oxygen atoms in total. The predicted molar refractivity (Wildman–Crippen MR) is 63.4 cm³/mol. The second-order valence-electron chi connectivity index (χ2n) is 4.34. The van der Waals surface area contributed by atoms with E-state index in [2.05, 4.69) is 14.9 Å². The molecule has 4 heteroatoms. The molecule has 1 fully saturated rings. The van der Waals surface area contributed by atoms with Crippen LogP contribution in [0.15, 0.2) is 12.4 Å². The monoisotopic (exact) mass is 223 g/mol. The highest BCUT2D eigenvalue weighted by molar-refractivity contribution is 4.88. The van der Waals surface area contributed by atoms with E-state index in [1.807, 2.05) is 19.3 Å². The molecule has 90 valence electrons. The standard InChI is InChI=1S/C12H21N3O/c1-11-14-7-9-15(11)8-6-13-5-4-12-3-2-10-16-12/h7,9,12-13H,2-6,8,10H2,1H3. The van der Waals surface area contributed by atoms with E-state index in [1.165, 1.54) is 12.8 Å². The summed E-state index contributed by atoms with van der Waals surface area (Å²) in [5.41, 5.74) is 0. The number of imidazole rings is 1. The first-order valence-corrected chi connectivity index (χ1v) is 6.16. The quantitative estimate of drug-likeness (QED) is 0.740. The molecule has 2 heterocycles. The summed E-state index contributed by atoms with van der Waals surface area (Å²) in [6.45, 7) is 6.05. The minimum absolute atomic E-state index is 0.502. The van der Waals surface area contributed by atoms with Gasteiger partial charge in [-0.3, -0.25) is 0 Å². The molecule has 0 aromatic carbocycles. The summed E-state index contributed by atoms with van der Waals surface area (Å²) in [5.74, 6) is 1.08. The molecule has 0 aliphatic carbocycles. The van der Waals surface area contributed by atoms with Crippen molar-refractivity contribution in [1.82, 2.24) is 14.9 Å². The van der Waals surface area contributed by atoms with Crippen molar-refractivity contribution in [2.24, 2.45) is 0 Å². The normalized spacial score (nSPS) is 20.4. The van der Waals surface area contributed by atoms with Gasteiger partial charge < -0.3 is 14.6 Å².